The molecule has 0 amide bonds. The van der Waals surface area contributed by atoms with Crippen LogP contribution in [0.15, 0.2) is 4.99 Å². The topological polar surface area (TPSA) is 32.3 Å². The van der Waals surface area contributed by atoms with Gasteiger partial charge in [-0.1, -0.05) is 11.8 Å². The van der Waals surface area contributed by atoms with Crippen molar-refractivity contribution in [2.45, 2.75) is 25.3 Å². The molecule has 1 rings (SSSR count). The summed E-state index contributed by atoms with van der Waals surface area (Å²) in [6.07, 6.45) is 0. The van der Waals surface area contributed by atoms with E-state index in [4.69, 9.17) is 0 Å². The Labute approximate surface area is 53.0 Å². The van der Waals surface area contributed by atoms with Gasteiger partial charge in [0.1, 0.15) is 0 Å². The summed E-state index contributed by atoms with van der Waals surface area (Å²) in [7, 11) is 0. The second-order valence-corrected chi connectivity index (χ2v) is 3.17. The average molecular weight is 130 g/mol. The van der Waals surface area contributed by atoms with Gasteiger partial charge in [0.25, 0.3) is 0 Å². The van der Waals surface area contributed by atoms with Gasteiger partial charge in [-0.05, 0) is 13.8 Å². The highest BCUT2D eigenvalue weighted by Crippen LogP contribution is 2.24. The lowest BCUT2D eigenvalue weighted by molar-refractivity contribution is 0.150. The summed E-state index contributed by atoms with van der Waals surface area (Å²) in [5, 5.41) is 11.6. The van der Waals surface area contributed by atoms with Crippen LogP contribution in [0.3, 0.4) is 0 Å². The van der Waals surface area contributed by atoms with Gasteiger partial charge in [-0.3, -0.25) is 4.99 Å². The molecule has 1 radical (unpaired) electrons. The van der Waals surface area contributed by atoms with Gasteiger partial charge in [-0.25, -0.2) is 5.11 Å². The molecule has 2 unspecified atom stereocenters. The lowest BCUT2D eigenvalue weighted by atomic mass is 10.4. The third-order valence-corrected chi connectivity index (χ3v) is 2.14. The van der Waals surface area contributed by atoms with E-state index in [1.54, 1.807) is 0 Å². The SMILES string of the molecule is CC1=NC(C)C([O])S1. The Morgan fingerprint density at radius 2 is 2.38 bits per heavy atom. The van der Waals surface area contributed by atoms with Crippen LogP contribution in [0.2, 0.25) is 0 Å². The first-order valence-corrected chi connectivity index (χ1v) is 3.45. The summed E-state index contributed by atoms with van der Waals surface area (Å²) in [4.78, 5) is 4.04. The van der Waals surface area contributed by atoms with Crippen molar-refractivity contribution in [1.82, 2.24) is 0 Å². The third kappa shape index (κ3) is 1.03. The molecule has 0 aromatic carbocycles. The van der Waals surface area contributed by atoms with Crippen LogP contribution < -0.4 is 0 Å². The van der Waals surface area contributed by atoms with Crippen molar-refractivity contribution < 1.29 is 5.11 Å². The molecular weight excluding hydrogens is 122 g/mol. The molecule has 2 nitrogen and oxygen atoms in total. The summed E-state index contributed by atoms with van der Waals surface area (Å²) in [6.45, 7) is 3.72. The van der Waals surface area contributed by atoms with Crippen LogP contribution in [0.4, 0.5) is 0 Å². The van der Waals surface area contributed by atoms with E-state index in [2.05, 4.69) is 4.99 Å². The summed E-state index contributed by atoms with van der Waals surface area (Å²) >= 11 is 1.32. The van der Waals surface area contributed by atoms with Crippen LogP contribution in [0, 0.1) is 0 Å². The van der Waals surface area contributed by atoms with Gasteiger partial charge in [0, 0.05) is 0 Å². The molecule has 1 aliphatic heterocycles. The Hall–Kier alpha value is -0.0200. The fourth-order valence-electron chi connectivity index (χ4n) is 0.645. The van der Waals surface area contributed by atoms with Crippen molar-refractivity contribution in [2.75, 3.05) is 0 Å². The first kappa shape index (κ1) is 6.11. The molecule has 3 heteroatoms. The fourth-order valence-corrected chi connectivity index (χ4v) is 1.47. The number of aliphatic imine (C=N–C) groups is 1. The highest BCUT2D eigenvalue weighted by molar-refractivity contribution is 8.14. The summed E-state index contributed by atoms with van der Waals surface area (Å²) in [5.41, 5.74) is -0.546. The minimum atomic E-state index is -0.546. The quantitative estimate of drug-likeness (QED) is 0.486. The molecule has 0 spiro atoms. The Morgan fingerprint density at radius 1 is 1.75 bits per heavy atom. The van der Waals surface area contributed by atoms with Gasteiger partial charge >= 0.3 is 0 Å². The second-order valence-electron chi connectivity index (χ2n) is 1.87. The molecule has 8 heavy (non-hydrogen) atoms. The van der Waals surface area contributed by atoms with Crippen molar-refractivity contribution in [1.29, 1.82) is 0 Å². The molecule has 1 heterocycles. The molecule has 0 bridgehead atoms. The Morgan fingerprint density at radius 3 is 2.50 bits per heavy atom. The molecule has 0 saturated carbocycles. The zero-order valence-corrected chi connectivity index (χ0v) is 5.73. The number of rotatable bonds is 0. The second kappa shape index (κ2) is 2.07. The summed E-state index contributed by atoms with van der Waals surface area (Å²) in [5.74, 6) is 0. The predicted molar refractivity (Wildman–Crippen MR) is 34.6 cm³/mol. The van der Waals surface area contributed by atoms with Gasteiger partial charge in [0.2, 0.25) is 0 Å². The smallest absolute Gasteiger partial charge is 0.166 e. The molecule has 0 N–H and O–H groups in total. The maximum atomic E-state index is 10.7. The molecule has 45 valence electrons. The van der Waals surface area contributed by atoms with Gasteiger partial charge in [-0.2, -0.15) is 0 Å². The van der Waals surface area contributed by atoms with E-state index in [1.165, 1.54) is 11.8 Å². The van der Waals surface area contributed by atoms with Gasteiger partial charge in [0.05, 0.1) is 11.1 Å². The largest absolute Gasteiger partial charge is 0.276 e. The fraction of sp³-hybridized carbons (Fsp3) is 0.800. The van der Waals surface area contributed by atoms with Crippen molar-refractivity contribution in [3.8, 4) is 0 Å². The number of thioether (sulfide) groups is 1. The minimum absolute atomic E-state index is 0.0139. The number of hydrogen-bond donors (Lipinski definition) is 0. The lowest BCUT2D eigenvalue weighted by Crippen LogP contribution is -2.09. The Kier molecular flexibility index (Phi) is 1.58. The monoisotopic (exact) mass is 130 g/mol. The first-order valence-electron chi connectivity index (χ1n) is 2.57. The number of hydrogen-bond acceptors (Lipinski definition) is 2. The highest BCUT2D eigenvalue weighted by Gasteiger charge is 2.22. The molecular formula is C5H8NOS. The lowest BCUT2D eigenvalue weighted by Gasteiger charge is -1.98. The maximum Gasteiger partial charge on any atom is 0.166 e. The van der Waals surface area contributed by atoms with E-state index in [9.17, 15) is 5.11 Å². The summed E-state index contributed by atoms with van der Waals surface area (Å²) < 4.78 is 0. The van der Waals surface area contributed by atoms with Gasteiger partial charge in [-0.15, -0.1) is 0 Å². The Bertz CT molecular complexity index is 124. The summed E-state index contributed by atoms with van der Waals surface area (Å²) in [6, 6.07) is -0.0139. The van der Waals surface area contributed by atoms with E-state index in [-0.39, 0.29) is 6.04 Å². The van der Waals surface area contributed by atoms with Crippen molar-refractivity contribution in [3.05, 3.63) is 0 Å². The predicted octanol–water partition coefficient (Wildman–Crippen LogP) is 1.30. The zero-order valence-electron chi connectivity index (χ0n) is 4.92. The molecule has 0 aliphatic carbocycles. The van der Waals surface area contributed by atoms with Gasteiger partial charge < -0.3 is 0 Å². The van der Waals surface area contributed by atoms with Crippen LogP contribution in [-0.2, 0) is 5.11 Å². The first-order chi connectivity index (χ1) is 3.70. The zero-order chi connectivity index (χ0) is 6.15. The van der Waals surface area contributed by atoms with E-state index >= 15 is 0 Å². The molecule has 0 aromatic heterocycles. The normalized spacial score (nSPS) is 37.6. The van der Waals surface area contributed by atoms with E-state index in [0.29, 0.717) is 0 Å². The van der Waals surface area contributed by atoms with Crippen LogP contribution in [-0.4, -0.2) is 16.5 Å². The molecule has 1 aliphatic rings. The number of nitrogens with zero attached hydrogens (tertiary/aromatic N) is 1. The maximum absolute atomic E-state index is 10.7. The van der Waals surface area contributed by atoms with Gasteiger partial charge in [0.15, 0.2) is 5.44 Å². The van der Waals surface area contributed by atoms with Crippen LogP contribution in [0.1, 0.15) is 13.8 Å². The van der Waals surface area contributed by atoms with Crippen LogP contribution >= 0.6 is 11.8 Å². The minimum Gasteiger partial charge on any atom is -0.276 e. The standard InChI is InChI=1S/C5H8NOS/c1-3-5(7)8-4(2)6-3/h3,5H,1-2H3. The van der Waals surface area contributed by atoms with Crippen molar-refractivity contribution in [2.24, 2.45) is 4.99 Å². The average Bonchev–Trinajstić information content (AvgIpc) is 1.85. The van der Waals surface area contributed by atoms with Crippen LogP contribution in [0.5, 0.6) is 0 Å². The highest BCUT2D eigenvalue weighted by atomic mass is 32.2. The molecule has 0 aromatic rings. The third-order valence-electron chi connectivity index (χ3n) is 1.07. The van der Waals surface area contributed by atoms with E-state index < -0.39 is 5.44 Å². The van der Waals surface area contributed by atoms with Crippen molar-refractivity contribution in [3.63, 3.8) is 0 Å². The van der Waals surface area contributed by atoms with E-state index in [0.717, 1.165) is 5.04 Å². The molecule has 0 fully saturated rings. The Balaban J connectivity index is 2.56. The van der Waals surface area contributed by atoms with E-state index in [1.807, 2.05) is 13.8 Å². The molecule has 2 atom stereocenters. The van der Waals surface area contributed by atoms with Crippen molar-refractivity contribution >= 4 is 16.8 Å². The molecule has 0 saturated heterocycles. The van der Waals surface area contributed by atoms with Crippen LogP contribution in [0.25, 0.3) is 0 Å².